The molecule has 7 heteroatoms. The predicted molar refractivity (Wildman–Crippen MR) is 67.3 cm³/mol. The smallest absolute Gasteiger partial charge is 0.257 e. The molecule has 2 rings (SSSR count). The van der Waals surface area contributed by atoms with Crippen molar-refractivity contribution < 1.29 is 19.1 Å². The van der Waals surface area contributed by atoms with E-state index in [1.807, 2.05) is 0 Å². The average Bonchev–Trinajstić information content (AvgIpc) is 2.64. The number of likely N-dealkylation sites (N-methyl/N-ethyl adjacent to an activating group) is 2. The molecule has 0 saturated heterocycles. The van der Waals surface area contributed by atoms with Crippen molar-refractivity contribution in [2.24, 2.45) is 0 Å². The Morgan fingerprint density at radius 2 is 2.26 bits per heavy atom. The van der Waals surface area contributed by atoms with Crippen LogP contribution in [-0.4, -0.2) is 37.6 Å². The normalized spacial score (nSPS) is 16.8. The molecule has 1 atom stereocenters. The largest absolute Gasteiger partial charge is 0.378 e. The number of hydrogen-bond donors (Lipinski definition) is 3. The van der Waals surface area contributed by atoms with E-state index in [0.717, 1.165) is 6.07 Å². The monoisotopic (exact) mass is 267 g/mol. The van der Waals surface area contributed by atoms with E-state index in [-0.39, 0.29) is 23.7 Å². The third kappa shape index (κ3) is 2.37. The molecule has 0 saturated carbocycles. The fourth-order valence-corrected chi connectivity index (χ4v) is 1.93. The van der Waals surface area contributed by atoms with Gasteiger partial charge in [-0.1, -0.05) is 0 Å². The number of aliphatic hydroxyl groups is 1. The van der Waals surface area contributed by atoms with Gasteiger partial charge in [-0.3, -0.25) is 9.59 Å². The van der Waals surface area contributed by atoms with Crippen molar-refractivity contribution in [1.82, 2.24) is 5.32 Å². The Hall–Kier alpha value is -2.15. The maximum atomic E-state index is 13.9. The van der Waals surface area contributed by atoms with E-state index in [2.05, 4.69) is 10.6 Å². The van der Waals surface area contributed by atoms with Crippen molar-refractivity contribution in [2.75, 3.05) is 30.9 Å². The summed E-state index contributed by atoms with van der Waals surface area (Å²) in [7, 11) is 3.05. The summed E-state index contributed by atoms with van der Waals surface area (Å²) in [5.41, 5.74) is 0.744. The molecule has 1 aliphatic heterocycles. The van der Waals surface area contributed by atoms with E-state index < -0.39 is 17.8 Å². The maximum Gasteiger partial charge on any atom is 0.257 e. The highest BCUT2D eigenvalue weighted by Gasteiger charge is 2.30. The fourth-order valence-electron chi connectivity index (χ4n) is 1.93. The number of benzene rings is 1. The van der Waals surface area contributed by atoms with Crippen molar-refractivity contribution in [2.45, 2.75) is 6.10 Å². The lowest BCUT2D eigenvalue weighted by Crippen LogP contribution is -2.33. The first-order chi connectivity index (χ1) is 8.93. The third-order valence-electron chi connectivity index (χ3n) is 2.99. The summed E-state index contributed by atoms with van der Waals surface area (Å²) in [5, 5.41) is 14.4. The van der Waals surface area contributed by atoms with Crippen LogP contribution in [0.4, 0.5) is 15.8 Å². The van der Waals surface area contributed by atoms with E-state index in [4.69, 9.17) is 0 Å². The van der Waals surface area contributed by atoms with Crippen molar-refractivity contribution in [3.8, 4) is 0 Å². The lowest BCUT2D eigenvalue weighted by Gasteiger charge is -2.19. The van der Waals surface area contributed by atoms with Crippen LogP contribution in [0.1, 0.15) is 11.7 Å². The van der Waals surface area contributed by atoms with Gasteiger partial charge in [0.05, 0.1) is 12.2 Å². The molecule has 0 aromatic heterocycles. The summed E-state index contributed by atoms with van der Waals surface area (Å²) in [4.78, 5) is 24.0. The Labute approximate surface area is 109 Å². The Morgan fingerprint density at radius 1 is 1.58 bits per heavy atom. The molecule has 0 radical (unpaired) electrons. The summed E-state index contributed by atoms with van der Waals surface area (Å²) < 4.78 is 13.9. The number of nitrogens with zero attached hydrogens (tertiary/aromatic N) is 1. The van der Waals surface area contributed by atoms with E-state index in [1.54, 1.807) is 7.05 Å². The second-order valence-electron chi connectivity index (χ2n) is 4.31. The zero-order valence-electron chi connectivity index (χ0n) is 10.5. The fraction of sp³-hybridized carbons (Fsp3) is 0.333. The lowest BCUT2D eigenvalue weighted by atomic mass is 10.1. The van der Waals surface area contributed by atoms with Crippen LogP contribution in [0.3, 0.4) is 0 Å². The van der Waals surface area contributed by atoms with Crippen LogP contribution >= 0.6 is 0 Å². The molecule has 0 fully saturated rings. The van der Waals surface area contributed by atoms with Crippen LogP contribution in [0.15, 0.2) is 12.1 Å². The van der Waals surface area contributed by atoms with E-state index >= 15 is 0 Å². The Morgan fingerprint density at radius 3 is 2.89 bits per heavy atom. The number of amides is 2. The molecule has 6 nitrogen and oxygen atoms in total. The minimum atomic E-state index is -1.34. The van der Waals surface area contributed by atoms with Crippen molar-refractivity contribution in [3.05, 3.63) is 23.5 Å². The van der Waals surface area contributed by atoms with Crippen LogP contribution in [0, 0.1) is 5.82 Å². The number of anilines is 2. The molecule has 2 amide bonds. The highest BCUT2D eigenvalue weighted by atomic mass is 19.1. The number of carbonyl (C=O) groups is 2. The van der Waals surface area contributed by atoms with Gasteiger partial charge >= 0.3 is 0 Å². The molecule has 0 spiro atoms. The van der Waals surface area contributed by atoms with Crippen molar-refractivity contribution in [3.63, 3.8) is 0 Å². The van der Waals surface area contributed by atoms with Gasteiger partial charge in [0, 0.05) is 25.3 Å². The summed E-state index contributed by atoms with van der Waals surface area (Å²) in [6.07, 6.45) is -1.34. The van der Waals surface area contributed by atoms with E-state index in [1.165, 1.54) is 18.0 Å². The number of fused-ring (bicyclic) bond motifs is 1. The molecular weight excluding hydrogens is 253 g/mol. The molecule has 1 heterocycles. The number of nitrogens with one attached hydrogen (secondary N) is 2. The number of aliphatic hydroxyl groups excluding tert-OH is 1. The third-order valence-corrected chi connectivity index (χ3v) is 2.99. The van der Waals surface area contributed by atoms with Gasteiger partial charge in [0.15, 0.2) is 6.10 Å². The summed E-state index contributed by atoms with van der Waals surface area (Å²) in [6.45, 7) is -0.0112. The molecule has 0 bridgehead atoms. The number of carbonyl (C=O) groups excluding carboxylic acids is 2. The summed E-state index contributed by atoms with van der Waals surface area (Å²) >= 11 is 0. The number of rotatable bonds is 3. The lowest BCUT2D eigenvalue weighted by molar-refractivity contribution is -0.123. The van der Waals surface area contributed by atoms with E-state index in [9.17, 15) is 19.1 Å². The minimum Gasteiger partial charge on any atom is -0.378 e. The first-order valence-electron chi connectivity index (χ1n) is 5.68. The van der Waals surface area contributed by atoms with Crippen LogP contribution in [-0.2, 0) is 9.59 Å². The zero-order valence-corrected chi connectivity index (χ0v) is 10.5. The quantitative estimate of drug-likeness (QED) is 0.719. The summed E-state index contributed by atoms with van der Waals surface area (Å²) in [5.74, 6) is -1.44. The Bertz CT molecular complexity index is 547. The van der Waals surface area contributed by atoms with Gasteiger partial charge in [0.25, 0.3) is 5.91 Å². The molecule has 0 aliphatic carbocycles. The second-order valence-corrected chi connectivity index (χ2v) is 4.31. The maximum absolute atomic E-state index is 13.9. The van der Waals surface area contributed by atoms with Crippen LogP contribution < -0.4 is 15.5 Å². The summed E-state index contributed by atoms with van der Waals surface area (Å²) in [6, 6.07) is 2.51. The van der Waals surface area contributed by atoms with Crippen LogP contribution in [0.2, 0.25) is 0 Å². The van der Waals surface area contributed by atoms with Crippen LogP contribution in [0.25, 0.3) is 0 Å². The standard InChI is InChI=1S/C12H14FN3O3/c1-14-10(17)5-16(2)9-4-8-6(3-7(9)13)11(18)12(19)15-8/h3-4,11,18H,5H2,1-2H3,(H,14,17)(H,15,19). The second kappa shape index (κ2) is 4.85. The predicted octanol–water partition coefficient (Wildman–Crippen LogP) is -0.00660. The van der Waals surface area contributed by atoms with Gasteiger partial charge in [-0.05, 0) is 12.1 Å². The first kappa shape index (κ1) is 13.3. The van der Waals surface area contributed by atoms with Gasteiger partial charge < -0.3 is 20.6 Å². The van der Waals surface area contributed by atoms with Crippen molar-refractivity contribution >= 4 is 23.2 Å². The van der Waals surface area contributed by atoms with Gasteiger partial charge in [-0.2, -0.15) is 0 Å². The Balaban J connectivity index is 2.31. The van der Waals surface area contributed by atoms with Gasteiger partial charge in [0.1, 0.15) is 5.82 Å². The molecule has 1 aromatic rings. The molecule has 19 heavy (non-hydrogen) atoms. The van der Waals surface area contributed by atoms with Gasteiger partial charge in [-0.15, -0.1) is 0 Å². The zero-order chi connectivity index (χ0) is 14.2. The van der Waals surface area contributed by atoms with Gasteiger partial charge in [-0.25, -0.2) is 4.39 Å². The van der Waals surface area contributed by atoms with Crippen LogP contribution in [0.5, 0.6) is 0 Å². The molecule has 3 N–H and O–H groups in total. The first-order valence-corrected chi connectivity index (χ1v) is 5.68. The highest BCUT2D eigenvalue weighted by Crippen LogP contribution is 2.35. The molecular formula is C12H14FN3O3. The minimum absolute atomic E-state index is 0.0112. The molecule has 102 valence electrons. The average molecular weight is 267 g/mol. The SMILES string of the molecule is CNC(=O)CN(C)c1cc2c(cc1F)C(O)C(=O)N2. The van der Waals surface area contributed by atoms with Gasteiger partial charge in [0.2, 0.25) is 5.91 Å². The molecule has 1 aromatic carbocycles. The van der Waals surface area contributed by atoms with Crippen molar-refractivity contribution in [1.29, 1.82) is 0 Å². The number of hydrogen-bond acceptors (Lipinski definition) is 4. The number of halogens is 1. The Kier molecular flexibility index (Phi) is 3.39. The molecule has 1 aliphatic rings. The highest BCUT2D eigenvalue weighted by molar-refractivity contribution is 6.02. The van der Waals surface area contributed by atoms with E-state index in [0.29, 0.717) is 5.69 Å². The molecule has 1 unspecified atom stereocenters. The topological polar surface area (TPSA) is 81.7 Å².